The molecule has 2 heterocycles. The summed E-state index contributed by atoms with van der Waals surface area (Å²) in [5.41, 5.74) is 2.10. The fourth-order valence-electron chi connectivity index (χ4n) is 3.51. The monoisotopic (exact) mass is 455 g/mol. The summed E-state index contributed by atoms with van der Waals surface area (Å²) >= 11 is 7.58. The highest BCUT2D eigenvalue weighted by Crippen LogP contribution is 2.31. The van der Waals surface area contributed by atoms with Crippen molar-refractivity contribution in [2.24, 2.45) is 4.99 Å². The van der Waals surface area contributed by atoms with Gasteiger partial charge in [-0.25, -0.2) is 0 Å². The first kappa shape index (κ1) is 21.8. The highest BCUT2D eigenvalue weighted by Gasteiger charge is 2.28. The lowest BCUT2D eigenvalue weighted by atomic mass is 10.2. The van der Waals surface area contributed by atoms with E-state index in [1.54, 1.807) is 0 Å². The smallest absolute Gasteiger partial charge is 0.286 e. The summed E-state index contributed by atoms with van der Waals surface area (Å²) in [5.74, 6) is 0.691. The Balaban J connectivity index is 1.33. The lowest BCUT2D eigenvalue weighted by Crippen LogP contribution is -2.47. The van der Waals surface area contributed by atoms with Crippen LogP contribution in [0, 0.1) is 0 Å². The van der Waals surface area contributed by atoms with E-state index in [-0.39, 0.29) is 5.91 Å². The van der Waals surface area contributed by atoms with Gasteiger partial charge >= 0.3 is 0 Å². The zero-order chi connectivity index (χ0) is 21.6. The van der Waals surface area contributed by atoms with Gasteiger partial charge in [-0.2, -0.15) is 4.99 Å². The maximum absolute atomic E-state index is 12.4. The van der Waals surface area contributed by atoms with Crippen molar-refractivity contribution in [3.8, 4) is 5.75 Å². The van der Waals surface area contributed by atoms with Crippen molar-refractivity contribution in [1.82, 2.24) is 4.90 Å². The van der Waals surface area contributed by atoms with Crippen molar-refractivity contribution in [3.05, 3.63) is 64.0 Å². The number of aliphatic imine (C=N–C) groups is 1. The second-order valence-corrected chi connectivity index (χ2v) is 8.98. The molecule has 5 nitrogen and oxygen atoms in total. The van der Waals surface area contributed by atoms with Crippen LogP contribution >= 0.6 is 23.4 Å². The zero-order valence-electron chi connectivity index (χ0n) is 17.6. The van der Waals surface area contributed by atoms with Gasteiger partial charge in [-0.05, 0) is 60.2 Å². The Kier molecular flexibility index (Phi) is 7.20. The Hall–Kier alpha value is -2.44. The summed E-state index contributed by atoms with van der Waals surface area (Å²) in [6.45, 7) is 6.25. The van der Waals surface area contributed by atoms with Crippen LogP contribution in [0.25, 0.3) is 6.08 Å². The number of piperazine rings is 1. The number of amides is 1. The summed E-state index contributed by atoms with van der Waals surface area (Å²) in [6.07, 6.45) is 4.06. The van der Waals surface area contributed by atoms with Crippen LogP contribution in [0.4, 0.5) is 5.69 Å². The van der Waals surface area contributed by atoms with Crippen molar-refractivity contribution in [2.45, 2.75) is 19.8 Å². The molecule has 0 bridgehead atoms. The Morgan fingerprint density at radius 3 is 2.55 bits per heavy atom. The molecule has 31 heavy (non-hydrogen) atoms. The van der Waals surface area contributed by atoms with Gasteiger partial charge in [0.1, 0.15) is 5.75 Å². The molecule has 2 aliphatic heterocycles. The van der Waals surface area contributed by atoms with Crippen LogP contribution < -0.4 is 9.64 Å². The number of thioether (sulfide) groups is 1. The summed E-state index contributed by atoms with van der Waals surface area (Å²) in [7, 11) is 0. The van der Waals surface area contributed by atoms with Gasteiger partial charge in [0.15, 0.2) is 5.17 Å². The number of unbranched alkanes of at least 4 members (excludes halogenated alkanes) is 1. The van der Waals surface area contributed by atoms with Gasteiger partial charge in [-0.3, -0.25) is 4.79 Å². The lowest BCUT2D eigenvalue weighted by molar-refractivity contribution is -0.113. The fraction of sp³-hybridized carbons (Fsp3) is 0.333. The molecule has 0 aromatic heterocycles. The first-order valence-corrected chi connectivity index (χ1v) is 11.8. The van der Waals surface area contributed by atoms with Crippen molar-refractivity contribution in [1.29, 1.82) is 0 Å². The molecule has 0 radical (unpaired) electrons. The second kappa shape index (κ2) is 10.2. The van der Waals surface area contributed by atoms with Gasteiger partial charge in [0, 0.05) is 36.9 Å². The molecule has 2 aliphatic rings. The molecule has 7 heteroatoms. The maximum Gasteiger partial charge on any atom is 0.286 e. The Morgan fingerprint density at radius 2 is 1.84 bits per heavy atom. The van der Waals surface area contributed by atoms with Crippen molar-refractivity contribution < 1.29 is 9.53 Å². The predicted octanol–water partition coefficient (Wildman–Crippen LogP) is 5.31. The molecule has 0 spiro atoms. The highest BCUT2D eigenvalue weighted by molar-refractivity contribution is 8.18. The molecule has 2 aromatic rings. The van der Waals surface area contributed by atoms with Gasteiger partial charge in [0.2, 0.25) is 0 Å². The minimum atomic E-state index is -0.166. The molecular weight excluding hydrogens is 430 g/mol. The number of hydrogen-bond acceptors (Lipinski definition) is 5. The van der Waals surface area contributed by atoms with E-state index in [0.717, 1.165) is 72.8 Å². The normalized spacial score (nSPS) is 17.9. The van der Waals surface area contributed by atoms with Gasteiger partial charge in [-0.1, -0.05) is 43.1 Å². The van der Waals surface area contributed by atoms with E-state index in [1.807, 2.05) is 48.5 Å². The van der Waals surface area contributed by atoms with E-state index in [4.69, 9.17) is 16.3 Å². The third-order valence-corrected chi connectivity index (χ3v) is 6.56. The molecule has 0 atom stereocenters. The molecule has 0 saturated carbocycles. The predicted molar refractivity (Wildman–Crippen MR) is 130 cm³/mol. The molecule has 2 aromatic carbocycles. The van der Waals surface area contributed by atoms with E-state index < -0.39 is 0 Å². The SMILES string of the molecule is CCCCOc1ccc(/C=C2/SC(N3CCN(c4cccc(Cl)c4)CC3)=NC2=O)cc1. The van der Waals surface area contributed by atoms with Crippen LogP contribution in [-0.4, -0.2) is 48.8 Å². The third kappa shape index (κ3) is 5.63. The van der Waals surface area contributed by atoms with Crippen LogP contribution in [0.1, 0.15) is 25.3 Å². The number of rotatable bonds is 6. The van der Waals surface area contributed by atoms with Crippen LogP contribution in [-0.2, 0) is 4.79 Å². The Morgan fingerprint density at radius 1 is 1.10 bits per heavy atom. The van der Waals surface area contributed by atoms with Crippen LogP contribution in [0.3, 0.4) is 0 Å². The topological polar surface area (TPSA) is 45.1 Å². The van der Waals surface area contributed by atoms with Crippen LogP contribution in [0.15, 0.2) is 58.4 Å². The Labute approximate surface area is 192 Å². The number of hydrogen-bond donors (Lipinski definition) is 0. The number of halogens is 1. The molecule has 0 aliphatic carbocycles. The quantitative estimate of drug-likeness (QED) is 0.436. The van der Waals surface area contributed by atoms with Crippen LogP contribution in [0.5, 0.6) is 5.75 Å². The largest absolute Gasteiger partial charge is 0.494 e. The maximum atomic E-state index is 12.4. The fourth-order valence-corrected chi connectivity index (χ4v) is 4.66. The molecule has 162 valence electrons. The number of carbonyl (C=O) groups excluding carboxylic acids is 1. The first-order chi connectivity index (χ1) is 15.1. The van der Waals surface area contributed by atoms with Gasteiger partial charge in [-0.15, -0.1) is 0 Å². The first-order valence-electron chi connectivity index (χ1n) is 10.6. The second-order valence-electron chi connectivity index (χ2n) is 7.54. The van der Waals surface area contributed by atoms with Crippen LogP contribution in [0.2, 0.25) is 5.02 Å². The molecule has 1 saturated heterocycles. The minimum Gasteiger partial charge on any atom is -0.494 e. The number of ether oxygens (including phenoxy) is 1. The molecule has 1 amide bonds. The average Bonchev–Trinajstić information content (AvgIpc) is 3.15. The average molecular weight is 456 g/mol. The van der Waals surface area contributed by atoms with E-state index in [1.165, 1.54) is 11.8 Å². The van der Waals surface area contributed by atoms with E-state index in [0.29, 0.717) is 4.91 Å². The minimum absolute atomic E-state index is 0.166. The summed E-state index contributed by atoms with van der Waals surface area (Å²) in [4.78, 5) is 21.9. The van der Waals surface area contributed by atoms with E-state index in [9.17, 15) is 4.79 Å². The molecule has 0 unspecified atom stereocenters. The number of amidine groups is 1. The molecule has 0 N–H and O–H groups in total. The summed E-state index contributed by atoms with van der Waals surface area (Å²) in [6, 6.07) is 15.8. The standard InChI is InChI=1S/C24H26ClN3O2S/c1-2-3-15-30-21-9-7-18(8-10-21)16-22-23(29)26-24(31-22)28-13-11-27(12-14-28)20-6-4-5-19(25)17-20/h4-10,16-17H,2-3,11-15H2,1H3/b22-16+. The lowest BCUT2D eigenvalue weighted by Gasteiger charge is -2.36. The summed E-state index contributed by atoms with van der Waals surface area (Å²) in [5, 5.41) is 1.54. The number of carbonyl (C=O) groups is 1. The highest BCUT2D eigenvalue weighted by atomic mass is 35.5. The Bertz CT molecular complexity index is 983. The third-order valence-electron chi connectivity index (χ3n) is 5.28. The number of anilines is 1. The molecule has 1 fully saturated rings. The molecular formula is C24H26ClN3O2S. The van der Waals surface area contributed by atoms with Crippen molar-refractivity contribution >= 4 is 46.2 Å². The zero-order valence-corrected chi connectivity index (χ0v) is 19.2. The summed E-state index contributed by atoms with van der Waals surface area (Å²) < 4.78 is 5.70. The van der Waals surface area contributed by atoms with Gasteiger partial charge in [0.25, 0.3) is 5.91 Å². The number of benzene rings is 2. The van der Waals surface area contributed by atoms with E-state index >= 15 is 0 Å². The van der Waals surface area contributed by atoms with E-state index in [2.05, 4.69) is 27.8 Å². The number of nitrogens with zero attached hydrogens (tertiary/aromatic N) is 3. The van der Waals surface area contributed by atoms with Crippen molar-refractivity contribution in [2.75, 3.05) is 37.7 Å². The van der Waals surface area contributed by atoms with Gasteiger partial charge < -0.3 is 14.5 Å². The van der Waals surface area contributed by atoms with Crippen molar-refractivity contribution in [3.63, 3.8) is 0 Å². The molecule has 4 rings (SSSR count). The van der Waals surface area contributed by atoms with Gasteiger partial charge in [0.05, 0.1) is 11.5 Å².